The second-order valence-corrected chi connectivity index (χ2v) is 8.45. The number of rotatable bonds is 5. The van der Waals surface area contributed by atoms with E-state index in [2.05, 4.69) is 15.3 Å². The number of nitrogens with zero attached hydrogens (tertiary/aromatic N) is 2. The van der Waals surface area contributed by atoms with Crippen LogP contribution in [0.3, 0.4) is 0 Å². The van der Waals surface area contributed by atoms with Gasteiger partial charge in [0.15, 0.2) is 5.82 Å². The highest BCUT2D eigenvalue weighted by molar-refractivity contribution is 6.30. The van der Waals surface area contributed by atoms with Gasteiger partial charge in [0.25, 0.3) is 0 Å². The number of halogens is 4. The van der Waals surface area contributed by atoms with Crippen molar-refractivity contribution < 1.29 is 13.2 Å². The minimum absolute atomic E-state index is 0.0235. The van der Waals surface area contributed by atoms with Gasteiger partial charge in [0.1, 0.15) is 5.82 Å². The average Bonchev–Trinajstić information content (AvgIpc) is 2.87. The van der Waals surface area contributed by atoms with E-state index in [0.29, 0.717) is 22.9 Å². The highest BCUT2D eigenvalue weighted by atomic mass is 35.5. The number of hydrogen-bond acceptors (Lipinski definition) is 3. The van der Waals surface area contributed by atoms with E-state index in [0.717, 1.165) is 28.1 Å². The van der Waals surface area contributed by atoms with Crippen molar-refractivity contribution >= 4 is 28.3 Å². The van der Waals surface area contributed by atoms with Gasteiger partial charge in [-0.15, -0.1) is 0 Å². The average molecular weight is 490 g/mol. The van der Waals surface area contributed by atoms with Gasteiger partial charge in [-0.2, -0.15) is 13.2 Å². The minimum atomic E-state index is -4.51. The predicted molar refractivity (Wildman–Crippen MR) is 134 cm³/mol. The molecule has 5 aromatic rings. The highest BCUT2D eigenvalue weighted by Gasteiger charge is 2.34. The molecule has 0 aliphatic heterocycles. The fraction of sp³-hybridized carbons (Fsp3) is 0.0714. The molecule has 35 heavy (non-hydrogen) atoms. The second-order valence-electron chi connectivity index (χ2n) is 8.02. The first kappa shape index (κ1) is 22.9. The van der Waals surface area contributed by atoms with Crippen LogP contribution in [0.4, 0.5) is 19.0 Å². The van der Waals surface area contributed by atoms with Crippen LogP contribution in [0.1, 0.15) is 11.1 Å². The summed E-state index contributed by atoms with van der Waals surface area (Å²) in [4.78, 5) is 8.92. The fourth-order valence-electron chi connectivity index (χ4n) is 3.93. The van der Waals surface area contributed by atoms with Crippen molar-refractivity contribution in [2.75, 3.05) is 5.32 Å². The van der Waals surface area contributed by atoms with E-state index in [1.807, 2.05) is 60.7 Å². The normalized spacial score (nSPS) is 11.5. The number of alkyl halides is 3. The van der Waals surface area contributed by atoms with E-state index in [1.54, 1.807) is 18.2 Å². The molecule has 5 rings (SSSR count). The van der Waals surface area contributed by atoms with Gasteiger partial charge < -0.3 is 5.32 Å². The molecular weight excluding hydrogens is 471 g/mol. The van der Waals surface area contributed by atoms with Crippen LogP contribution in [0.2, 0.25) is 5.02 Å². The van der Waals surface area contributed by atoms with Crippen LogP contribution in [-0.4, -0.2) is 9.97 Å². The van der Waals surface area contributed by atoms with Crippen LogP contribution in [0.5, 0.6) is 0 Å². The zero-order valence-corrected chi connectivity index (χ0v) is 19.1. The van der Waals surface area contributed by atoms with Crippen molar-refractivity contribution in [2.45, 2.75) is 12.7 Å². The maximum Gasteiger partial charge on any atom is 0.417 e. The molecule has 0 saturated carbocycles. The molecule has 0 aliphatic rings. The summed E-state index contributed by atoms with van der Waals surface area (Å²) in [6.45, 7) is 0.442. The van der Waals surface area contributed by atoms with Crippen molar-refractivity contribution in [3.8, 4) is 22.5 Å². The molecule has 0 saturated heterocycles. The fourth-order valence-corrected chi connectivity index (χ4v) is 4.12. The lowest BCUT2D eigenvalue weighted by molar-refractivity contribution is -0.137. The highest BCUT2D eigenvalue weighted by Crippen LogP contribution is 2.37. The van der Waals surface area contributed by atoms with Crippen LogP contribution >= 0.6 is 11.6 Å². The van der Waals surface area contributed by atoms with Crippen molar-refractivity contribution in [2.24, 2.45) is 0 Å². The van der Waals surface area contributed by atoms with Crippen LogP contribution in [0, 0.1) is 0 Å². The quantitative estimate of drug-likeness (QED) is 0.270. The Morgan fingerprint density at radius 1 is 0.743 bits per heavy atom. The molecule has 0 atom stereocenters. The Balaban J connectivity index is 1.46. The Morgan fingerprint density at radius 2 is 1.49 bits per heavy atom. The van der Waals surface area contributed by atoms with E-state index in [4.69, 9.17) is 11.6 Å². The molecule has 0 spiro atoms. The molecule has 4 aromatic carbocycles. The molecule has 0 aliphatic carbocycles. The third-order valence-electron chi connectivity index (χ3n) is 5.65. The number of hydrogen-bond donors (Lipinski definition) is 1. The first-order valence-corrected chi connectivity index (χ1v) is 11.3. The molecule has 0 bridgehead atoms. The molecule has 1 heterocycles. The van der Waals surface area contributed by atoms with Gasteiger partial charge in [0.2, 0.25) is 0 Å². The minimum Gasteiger partial charge on any atom is -0.365 e. The van der Waals surface area contributed by atoms with Gasteiger partial charge in [-0.25, -0.2) is 9.97 Å². The van der Waals surface area contributed by atoms with Gasteiger partial charge >= 0.3 is 6.18 Å². The molecule has 0 unspecified atom stereocenters. The first-order valence-electron chi connectivity index (χ1n) is 10.9. The number of anilines is 1. The summed E-state index contributed by atoms with van der Waals surface area (Å²) in [6.07, 6.45) is -4.51. The summed E-state index contributed by atoms with van der Waals surface area (Å²) < 4.78 is 40.9. The van der Waals surface area contributed by atoms with Crippen LogP contribution in [0.25, 0.3) is 33.4 Å². The zero-order chi connectivity index (χ0) is 24.4. The maximum atomic E-state index is 13.6. The Kier molecular flexibility index (Phi) is 6.14. The lowest BCUT2D eigenvalue weighted by Gasteiger charge is -2.14. The standard InChI is InChI=1S/C28H19ClF3N3/c29-21-7-5-6-20(16-21)19-14-12-18(13-15-19)17-33-26-23-9-2-4-11-25(23)34-27(35-26)22-8-1-3-10-24(22)28(30,31)32/h1-16H,17H2,(H,33,34,35). The second kappa shape index (κ2) is 9.39. The van der Waals surface area contributed by atoms with Crippen molar-refractivity contribution in [1.29, 1.82) is 0 Å². The monoisotopic (exact) mass is 489 g/mol. The summed E-state index contributed by atoms with van der Waals surface area (Å²) >= 11 is 6.10. The zero-order valence-electron chi connectivity index (χ0n) is 18.4. The number of benzene rings is 4. The molecule has 1 aromatic heterocycles. The number of nitrogens with one attached hydrogen (secondary N) is 1. The Labute approximate surface area is 205 Å². The van der Waals surface area contributed by atoms with E-state index < -0.39 is 11.7 Å². The largest absolute Gasteiger partial charge is 0.417 e. The van der Waals surface area contributed by atoms with Gasteiger partial charge in [0.05, 0.1) is 11.1 Å². The van der Waals surface area contributed by atoms with Gasteiger partial charge in [-0.05, 0) is 47.0 Å². The Morgan fingerprint density at radius 3 is 2.26 bits per heavy atom. The Hall–Kier alpha value is -3.90. The van der Waals surface area contributed by atoms with E-state index in [9.17, 15) is 13.2 Å². The van der Waals surface area contributed by atoms with Gasteiger partial charge in [-0.3, -0.25) is 0 Å². The third-order valence-corrected chi connectivity index (χ3v) is 5.88. The van der Waals surface area contributed by atoms with Crippen molar-refractivity contribution in [1.82, 2.24) is 9.97 Å². The topological polar surface area (TPSA) is 37.8 Å². The summed E-state index contributed by atoms with van der Waals surface area (Å²) in [5.74, 6) is 0.497. The van der Waals surface area contributed by atoms with Crippen LogP contribution in [-0.2, 0) is 12.7 Å². The first-order chi connectivity index (χ1) is 16.9. The summed E-state index contributed by atoms with van der Waals surface area (Å²) in [7, 11) is 0. The van der Waals surface area contributed by atoms with Crippen LogP contribution < -0.4 is 5.32 Å². The van der Waals surface area contributed by atoms with E-state index in [-0.39, 0.29) is 11.4 Å². The Bertz CT molecular complexity index is 1500. The molecule has 0 amide bonds. The molecule has 0 radical (unpaired) electrons. The number of aromatic nitrogens is 2. The lowest BCUT2D eigenvalue weighted by Crippen LogP contribution is -2.09. The lowest BCUT2D eigenvalue weighted by atomic mass is 10.0. The van der Waals surface area contributed by atoms with Crippen molar-refractivity contribution in [3.63, 3.8) is 0 Å². The number of fused-ring (bicyclic) bond motifs is 1. The summed E-state index contributed by atoms with van der Waals surface area (Å²) in [6, 6.07) is 28.2. The van der Waals surface area contributed by atoms with Crippen LogP contribution in [0.15, 0.2) is 97.1 Å². The SMILES string of the molecule is FC(F)(F)c1ccccc1-c1nc(NCc2ccc(-c3cccc(Cl)c3)cc2)c2ccccc2n1. The van der Waals surface area contributed by atoms with E-state index in [1.165, 1.54) is 12.1 Å². The molecular formula is C28H19ClF3N3. The smallest absolute Gasteiger partial charge is 0.365 e. The molecule has 0 fully saturated rings. The van der Waals surface area contributed by atoms with Gasteiger partial charge in [-0.1, -0.05) is 78.3 Å². The summed E-state index contributed by atoms with van der Waals surface area (Å²) in [5, 5.41) is 4.69. The third kappa shape index (κ3) is 4.98. The van der Waals surface area contributed by atoms with Crippen molar-refractivity contribution in [3.05, 3.63) is 113 Å². The number of para-hydroxylation sites is 1. The summed E-state index contributed by atoms with van der Waals surface area (Å²) in [5.41, 5.74) is 2.79. The molecule has 1 N–H and O–H groups in total. The van der Waals surface area contributed by atoms with Gasteiger partial charge in [0, 0.05) is 22.5 Å². The molecule has 174 valence electrons. The maximum absolute atomic E-state index is 13.6. The molecule has 3 nitrogen and oxygen atoms in total. The molecule has 7 heteroatoms. The predicted octanol–water partition coefficient (Wildman–Crippen LogP) is 8.25. The van der Waals surface area contributed by atoms with E-state index >= 15 is 0 Å².